The van der Waals surface area contributed by atoms with E-state index in [9.17, 15) is 54.0 Å². The summed E-state index contributed by atoms with van der Waals surface area (Å²) in [5.41, 5.74) is -0.455. The standard InChI is InChI=1S/C48H63N7O13S.K/c56-35-19-18-32(21-43(62)63)33(35)11-5-2-8-20-67-44-22-37(57)48(66,53-23-29-14-16-31(17-15-29)46(64)30-9-3-1-4-10-30)38(68-44)24-49-40(59)26-51-42(61)27-52-41(60)25-50-39(58)13-7-6-12-36-45-34(28-69-36)54-47(65)55-45;/h1-5,9-10,14-17,32-34,36-38,44-45,53,57,66H,6-8,11-13,18-28H2,(H,49,59)(H,50,58)(H,51,61)(H,52,60)(H,62,63)(H2,54,55,65);/q;+1/p-1/b5-2-;/t32-,33-,34+,36+,37-,38-,44-,45+,48+;/m1./s1. The van der Waals surface area contributed by atoms with E-state index in [-0.39, 0.29) is 137 Å². The minimum atomic E-state index is -2.11. The van der Waals surface area contributed by atoms with Crippen LogP contribution in [0.4, 0.5) is 4.79 Å². The summed E-state index contributed by atoms with van der Waals surface area (Å²) in [4.78, 5) is 89.6. The molecule has 20 nitrogen and oxygen atoms in total. The van der Waals surface area contributed by atoms with E-state index in [0.717, 1.165) is 18.6 Å². The molecule has 5 amide bonds. The fourth-order valence-corrected chi connectivity index (χ4v) is 10.4. The Morgan fingerprint density at radius 3 is 2.40 bits per heavy atom. The van der Waals surface area contributed by atoms with Gasteiger partial charge in [0.05, 0.1) is 31.8 Å². The van der Waals surface area contributed by atoms with Crippen LogP contribution in [0.2, 0.25) is 0 Å². The normalized spacial score (nSPS) is 26.2. The van der Waals surface area contributed by atoms with Gasteiger partial charge in [0.25, 0.3) is 0 Å². The second-order valence-corrected chi connectivity index (χ2v) is 18.9. The fourth-order valence-electron chi connectivity index (χ4n) is 8.88. The zero-order valence-electron chi connectivity index (χ0n) is 39.3. The van der Waals surface area contributed by atoms with Crippen molar-refractivity contribution in [1.29, 1.82) is 0 Å². The molecule has 4 aliphatic rings. The quantitative estimate of drug-likeness (QED) is 0.00684. The molecule has 0 spiro atoms. The number of carboxylic acids is 1. The molecule has 3 saturated heterocycles. The first-order chi connectivity index (χ1) is 33.2. The van der Waals surface area contributed by atoms with Gasteiger partial charge in [0.1, 0.15) is 24.5 Å². The summed E-state index contributed by atoms with van der Waals surface area (Å²) in [5.74, 6) is -3.19. The van der Waals surface area contributed by atoms with Crippen molar-refractivity contribution in [2.75, 3.05) is 38.5 Å². The van der Waals surface area contributed by atoms with Crippen molar-refractivity contribution in [1.82, 2.24) is 31.9 Å². The molecule has 1 saturated carbocycles. The maximum absolute atomic E-state index is 12.9. The molecule has 9 atom stereocenters. The van der Waals surface area contributed by atoms with E-state index < -0.39 is 73.4 Å². The number of amides is 5. The second-order valence-electron chi connectivity index (χ2n) is 17.6. The fraction of sp³-hybridized carbons (Fsp3) is 0.542. The van der Waals surface area contributed by atoms with Gasteiger partial charge in [-0.1, -0.05) is 73.2 Å². The summed E-state index contributed by atoms with van der Waals surface area (Å²) in [6, 6.07) is 15.6. The van der Waals surface area contributed by atoms with Crippen molar-refractivity contribution in [2.24, 2.45) is 16.8 Å². The molecule has 4 fully saturated rings. The second kappa shape index (κ2) is 28.2. The molecule has 70 heavy (non-hydrogen) atoms. The number of thioether (sulfide) groups is 1. The van der Waals surface area contributed by atoms with Crippen molar-refractivity contribution < 1.29 is 115 Å². The van der Waals surface area contributed by atoms with Crippen LogP contribution < -0.4 is 88.4 Å². The SMILES string of the molecule is O=C(O)C[C@H]1CCC(=O)[C@@H]1C/C=C\CCO[C@H]1C[C@@H](O)[C@@](O)(NCc2ccc(C(=O)c3ccccc3)cc2)[C@@H](CNC(=O)CNC(=O)CNC(=O)CN=C([O-])CCCC[C@@H]2SC[C@@H]3NC(=O)N[C@@H]32)O1.[K+]. The Morgan fingerprint density at radius 1 is 0.943 bits per heavy atom. The van der Waals surface area contributed by atoms with Crippen LogP contribution in [-0.4, -0.2) is 143 Å². The number of carbonyl (C=O) groups excluding carboxylic acids is 6. The predicted molar refractivity (Wildman–Crippen MR) is 250 cm³/mol. The van der Waals surface area contributed by atoms with Crippen LogP contribution in [0.15, 0.2) is 71.7 Å². The molecule has 0 unspecified atom stereocenters. The van der Waals surface area contributed by atoms with E-state index in [1.807, 2.05) is 18.2 Å². The average molecular weight is 1020 g/mol. The summed E-state index contributed by atoms with van der Waals surface area (Å²) in [6.45, 7) is -1.63. The molecule has 0 aromatic heterocycles. The number of nitrogens with one attached hydrogen (secondary N) is 6. The van der Waals surface area contributed by atoms with Crippen LogP contribution >= 0.6 is 11.8 Å². The molecule has 0 radical (unpaired) electrons. The number of carbonyl (C=O) groups is 7. The number of ketones is 2. The number of aliphatic imine (C=N–C) groups is 1. The average Bonchev–Trinajstić information content (AvgIpc) is 4.01. The number of allylic oxidation sites excluding steroid dienone is 1. The van der Waals surface area contributed by atoms with E-state index in [2.05, 4.69) is 36.9 Å². The van der Waals surface area contributed by atoms with Gasteiger partial charge in [-0.25, -0.2) is 4.79 Å². The molecule has 1 aliphatic carbocycles. The van der Waals surface area contributed by atoms with Crippen LogP contribution in [0.5, 0.6) is 0 Å². The number of unbranched alkanes of at least 4 members (excludes halogenated alkanes) is 1. The first-order valence-electron chi connectivity index (χ1n) is 23.4. The summed E-state index contributed by atoms with van der Waals surface area (Å²) >= 11 is 1.79. The van der Waals surface area contributed by atoms with Crippen LogP contribution in [0.1, 0.15) is 85.7 Å². The van der Waals surface area contributed by atoms with Crippen LogP contribution in [0.3, 0.4) is 0 Å². The number of nitrogens with zero attached hydrogens (tertiary/aromatic N) is 1. The first kappa shape index (κ1) is 56.8. The van der Waals surface area contributed by atoms with E-state index >= 15 is 0 Å². The van der Waals surface area contributed by atoms with Crippen molar-refractivity contribution in [3.63, 3.8) is 0 Å². The molecular formula is C48H62KN7O13S. The topological polar surface area (TPSA) is 306 Å². The largest absolute Gasteiger partial charge is 1.00 e. The number of carboxylic acid groups (broad SMARTS) is 1. The Hall–Kier alpha value is -4.07. The van der Waals surface area contributed by atoms with Gasteiger partial charge in [0, 0.05) is 60.4 Å². The maximum atomic E-state index is 12.9. The summed E-state index contributed by atoms with van der Waals surface area (Å²) in [6.07, 6.45) is 3.81. The Balaban J connectivity index is 0.00000913. The third kappa shape index (κ3) is 17.0. The Bertz CT molecular complexity index is 2190. The van der Waals surface area contributed by atoms with Gasteiger partial charge in [0.15, 0.2) is 17.8 Å². The Labute approximate surface area is 453 Å². The molecule has 3 heterocycles. The number of fused-ring (bicyclic) bond motifs is 1. The number of aliphatic carboxylic acids is 1. The molecule has 374 valence electrons. The summed E-state index contributed by atoms with van der Waals surface area (Å²) in [7, 11) is 0. The number of urea groups is 1. The molecule has 0 bridgehead atoms. The number of hydrogen-bond acceptors (Lipinski definition) is 15. The Kier molecular flexibility index (Phi) is 22.9. The van der Waals surface area contributed by atoms with Crippen molar-refractivity contribution >= 4 is 58.9 Å². The van der Waals surface area contributed by atoms with Crippen molar-refractivity contribution in [3.05, 3.63) is 83.4 Å². The van der Waals surface area contributed by atoms with Crippen LogP contribution in [0.25, 0.3) is 0 Å². The van der Waals surface area contributed by atoms with E-state index in [0.29, 0.717) is 48.8 Å². The molecule has 22 heteroatoms. The minimum absolute atomic E-state index is 0. The maximum Gasteiger partial charge on any atom is 1.00 e. The van der Waals surface area contributed by atoms with Crippen molar-refractivity contribution in [2.45, 2.75) is 112 Å². The van der Waals surface area contributed by atoms with Crippen LogP contribution in [0, 0.1) is 11.8 Å². The number of Topliss-reactive ketones (excluding diaryl/α,β-unsaturated/α-hetero) is 1. The van der Waals surface area contributed by atoms with E-state index in [1.54, 1.807) is 60.3 Å². The van der Waals surface area contributed by atoms with Crippen LogP contribution in [-0.2, 0) is 40.0 Å². The van der Waals surface area contributed by atoms with Gasteiger partial charge in [-0.2, -0.15) is 11.8 Å². The Morgan fingerprint density at radius 2 is 1.66 bits per heavy atom. The summed E-state index contributed by atoms with van der Waals surface area (Å²) < 4.78 is 12.0. The zero-order chi connectivity index (χ0) is 49.3. The molecule has 2 aromatic carbocycles. The molecular weight excluding hydrogens is 954 g/mol. The predicted octanol–water partition coefficient (Wildman–Crippen LogP) is -2.57. The van der Waals surface area contributed by atoms with Gasteiger partial charge < -0.3 is 56.5 Å². The first-order valence-corrected chi connectivity index (χ1v) is 24.4. The number of aliphatic hydroxyl groups excluding tert-OH is 1. The number of benzene rings is 2. The third-order valence-electron chi connectivity index (χ3n) is 12.7. The summed E-state index contributed by atoms with van der Waals surface area (Å²) in [5, 5.41) is 61.1. The minimum Gasteiger partial charge on any atom is -0.862 e. The van der Waals surface area contributed by atoms with Gasteiger partial charge in [-0.05, 0) is 55.9 Å². The molecule has 2 aromatic rings. The van der Waals surface area contributed by atoms with Gasteiger partial charge >= 0.3 is 63.4 Å². The monoisotopic (exact) mass is 1020 g/mol. The number of rotatable bonds is 26. The zero-order valence-corrected chi connectivity index (χ0v) is 43.2. The van der Waals surface area contributed by atoms with Gasteiger partial charge in [0.2, 0.25) is 17.7 Å². The van der Waals surface area contributed by atoms with Crippen molar-refractivity contribution in [3.8, 4) is 0 Å². The number of ether oxygens (including phenoxy) is 2. The van der Waals surface area contributed by atoms with Gasteiger partial charge in [-0.3, -0.25) is 39.1 Å². The molecule has 6 rings (SSSR count). The van der Waals surface area contributed by atoms with E-state index in [4.69, 9.17) is 9.47 Å². The third-order valence-corrected chi connectivity index (χ3v) is 14.2. The number of aliphatic hydroxyl groups is 2. The van der Waals surface area contributed by atoms with Gasteiger partial charge in [-0.15, -0.1) is 0 Å². The smallest absolute Gasteiger partial charge is 0.862 e. The van der Waals surface area contributed by atoms with E-state index in [1.165, 1.54) is 0 Å². The molecule has 9 N–H and O–H groups in total. The molecule has 3 aliphatic heterocycles. The number of hydrogen-bond donors (Lipinski definition) is 9.